The van der Waals surface area contributed by atoms with Crippen LogP contribution in [0.3, 0.4) is 0 Å². The summed E-state index contributed by atoms with van der Waals surface area (Å²) in [5, 5.41) is 9.57. The van der Waals surface area contributed by atoms with Crippen LogP contribution in [-0.2, 0) is 0 Å². The molecule has 2 aromatic carbocycles. The maximum Gasteiger partial charge on any atom is 0.102 e. The normalized spacial score (nSPS) is 12.4. The van der Waals surface area contributed by atoms with E-state index >= 15 is 0 Å². The lowest BCUT2D eigenvalue weighted by Gasteiger charge is -2.17. The van der Waals surface area contributed by atoms with Crippen LogP contribution >= 0.6 is 0 Å². The number of para-hydroxylation sites is 1. The van der Waals surface area contributed by atoms with E-state index in [2.05, 4.69) is 72.0 Å². The molecule has 1 aromatic heterocycles. The van der Waals surface area contributed by atoms with Crippen LogP contribution in [0.15, 0.2) is 67.3 Å². The van der Waals surface area contributed by atoms with Gasteiger partial charge in [0.15, 0.2) is 0 Å². The number of nitrogens with one attached hydrogen (secondary N) is 1. The van der Waals surface area contributed by atoms with Gasteiger partial charge in [-0.2, -0.15) is 5.10 Å². The van der Waals surface area contributed by atoms with Gasteiger partial charge < -0.3 is 0 Å². The minimum atomic E-state index is 0.167. The van der Waals surface area contributed by atoms with Crippen molar-refractivity contribution in [2.75, 3.05) is 6.54 Å². The first kappa shape index (κ1) is 14.5. The summed E-state index contributed by atoms with van der Waals surface area (Å²) in [4.78, 5) is 0. The summed E-state index contributed by atoms with van der Waals surface area (Å²) in [6, 6.07) is 18.8. The lowest BCUT2D eigenvalue weighted by molar-refractivity contribution is 0.386. The second kappa shape index (κ2) is 6.58. The molecule has 0 saturated carbocycles. The van der Waals surface area contributed by atoms with E-state index in [1.807, 2.05) is 12.1 Å². The van der Waals surface area contributed by atoms with Crippen LogP contribution in [0.1, 0.15) is 19.5 Å². The van der Waals surface area contributed by atoms with Gasteiger partial charge in [0.2, 0.25) is 0 Å². The zero-order valence-corrected chi connectivity index (χ0v) is 12.9. The Bertz CT molecular complexity index is 759. The molecule has 0 fully saturated rings. The molecule has 1 unspecified atom stereocenters. The molecule has 0 aliphatic heterocycles. The molecule has 3 aromatic rings. The molecule has 22 heavy (non-hydrogen) atoms. The highest BCUT2D eigenvalue weighted by Crippen LogP contribution is 2.29. The van der Waals surface area contributed by atoms with Gasteiger partial charge >= 0.3 is 0 Å². The molecular weight excluding hydrogens is 270 g/mol. The zero-order chi connectivity index (χ0) is 15.4. The fourth-order valence-electron chi connectivity index (χ4n) is 2.76. The van der Waals surface area contributed by atoms with Gasteiger partial charge in [0.1, 0.15) is 11.9 Å². The molecule has 0 amide bonds. The molecule has 1 heterocycles. The number of benzene rings is 2. The van der Waals surface area contributed by atoms with E-state index < -0.39 is 0 Å². The number of rotatable bonds is 6. The summed E-state index contributed by atoms with van der Waals surface area (Å²) in [6.07, 6.45) is 3.01. The molecule has 3 heteroatoms. The van der Waals surface area contributed by atoms with Gasteiger partial charge in [0.25, 0.3) is 0 Å². The first-order valence-corrected chi connectivity index (χ1v) is 7.72. The smallest absolute Gasteiger partial charge is 0.102 e. The highest BCUT2D eigenvalue weighted by molar-refractivity contribution is 5.93. The molecular formula is C19H21N3. The van der Waals surface area contributed by atoms with Gasteiger partial charge in [0.05, 0.1) is 5.52 Å². The van der Waals surface area contributed by atoms with E-state index in [-0.39, 0.29) is 6.17 Å². The maximum absolute atomic E-state index is 4.90. The van der Waals surface area contributed by atoms with Crippen molar-refractivity contribution in [3.8, 4) is 11.3 Å². The van der Waals surface area contributed by atoms with E-state index in [0.717, 1.165) is 29.7 Å². The molecule has 0 radical (unpaired) electrons. The maximum atomic E-state index is 4.90. The third-order valence-electron chi connectivity index (χ3n) is 3.84. The lowest BCUT2D eigenvalue weighted by Crippen LogP contribution is -2.27. The van der Waals surface area contributed by atoms with Crippen molar-refractivity contribution in [1.29, 1.82) is 0 Å². The Labute approximate surface area is 131 Å². The number of fused-ring (bicyclic) bond motifs is 1. The largest absolute Gasteiger partial charge is 0.292 e. The van der Waals surface area contributed by atoms with Crippen LogP contribution in [0.2, 0.25) is 0 Å². The highest BCUT2D eigenvalue weighted by Gasteiger charge is 2.16. The van der Waals surface area contributed by atoms with Crippen molar-refractivity contribution >= 4 is 10.9 Å². The second-order valence-electron chi connectivity index (χ2n) is 5.30. The molecule has 0 aliphatic carbocycles. The van der Waals surface area contributed by atoms with Gasteiger partial charge in [0, 0.05) is 17.5 Å². The topological polar surface area (TPSA) is 29.9 Å². The van der Waals surface area contributed by atoms with Crippen LogP contribution in [0.4, 0.5) is 0 Å². The van der Waals surface area contributed by atoms with E-state index in [0.29, 0.717) is 0 Å². The average molecular weight is 291 g/mol. The molecule has 0 aliphatic rings. The predicted molar refractivity (Wildman–Crippen MR) is 92.7 cm³/mol. The number of nitrogens with zero attached hydrogens (tertiary/aromatic N) is 2. The highest BCUT2D eigenvalue weighted by atomic mass is 15.4. The van der Waals surface area contributed by atoms with Crippen LogP contribution in [0.25, 0.3) is 22.2 Å². The molecule has 112 valence electrons. The van der Waals surface area contributed by atoms with Crippen molar-refractivity contribution in [3.63, 3.8) is 0 Å². The van der Waals surface area contributed by atoms with Crippen molar-refractivity contribution in [2.24, 2.45) is 0 Å². The van der Waals surface area contributed by atoms with Gasteiger partial charge in [-0.1, -0.05) is 61.5 Å². The Morgan fingerprint density at radius 1 is 1.14 bits per heavy atom. The summed E-state index contributed by atoms with van der Waals surface area (Å²) in [5.74, 6) is 0. The fourth-order valence-corrected chi connectivity index (χ4v) is 2.76. The Morgan fingerprint density at radius 2 is 1.86 bits per heavy atom. The SMILES string of the molecule is C=CCNC(CC)n1nc(-c2ccccc2)c2ccccc21. The average Bonchev–Trinajstić information content (AvgIpc) is 2.96. The molecule has 3 rings (SSSR count). The van der Waals surface area contributed by atoms with Crippen molar-refractivity contribution in [2.45, 2.75) is 19.5 Å². The molecule has 1 N–H and O–H groups in total. The van der Waals surface area contributed by atoms with Crippen molar-refractivity contribution in [3.05, 3.63) is 67.3 Å². The predicted octanol–water partition coefficient (Wildman–Crippen LogP) is 4.39. The standard InChI is InChI=1S/C19H21N3/c1-3-14-20-18(4-2)22-17-13-9-8-12-16(17)19(21-22)15-10-6-5-7-11-15/h3,5-13,18,20H,1,4,14H2,2H3. The molecule has 0 spiro atoms. The molecule has 0 saturated heterocycles. The van der Waals surface area contributed by atoms with Gasteiger partial charge in [-0.05, 0) is 12.5 Å². The van der Waals surface area contributed by atoms with Crippen molar-refractivity contribution < 1.29 is 0 Å². The Hall–Kier alpha value is -2.39. The minimum absolute atomic E-state index is 0.167. The van der Waals surface area contributed by atoms with Crippen LogP contribution in [0, 0.1) is 0 Å². The fraction of sp³-hybridized carbons (Fsp3) is 0.211. The van der Waals surface area contributed by atoms with Crippen molar-refractivity contribution in [1.82, 2.24) is 15.1 Å². The van der Waals surface area contributed by atoms with E-state index in [4.69, 9.17) is 5.10 Å². The second-order valence-corrected chi connectivity index (χ2v) is 5.30. The van der Waals surface area contributed by atoms with E-state index in [1.54, 1.807) is 0 Å². The summed E-state index contributed by atoms with van der Waals surface area (Å²) < 4.78 is 2.10. The minimum Gasteiger partial charge on any atom is -0.292 e. The third-order valence-corrected chi connectivity index (χ3v) is 3.84. The Morgan fingerprint density at radius 3 is 2.59 bits per heavy atom. The van der Waals surface area contributed by atoms with E-state index in [9.17, 15) is 0 Å². The summed E-state index contributed by atoms with van der Waals surface area (Å²) in [6.45, 7) is 6.72. The quantitative estimate of drug-likeness (QED) is 0.683. The first-order valence-electron chi connectivity index (χ1n) is 7.72. The third kappa shape index (κ3) is 2.68. The lowest BCUT2D eigenvalue weighted by atomic mass is 10.1. The monoisotopic (exact) mass is 291 g/mol. The number of aromatic nitrogens is 2. The molecule has 1 atom stereocenters. The van der Waals surface area contributed by atoms with Crippen LogP contribution in [-0.4, -0.2) is 16.3 Å². The Kier molecular flexibility index (Phi) is 4.35. The zero-order valence-electron chi connectivity index (χ0n) is 12.9. The Balaban J connectivity index is 2.13. The van der Waals surface area contributed by atoms with Gasteiger partial charge in [-0.15, -0.1) is 6.58 Å². The van der Waals surface area contributed by atoms with Crippen LogP contribution in [0.5, 0.6) is 0 Å². The summed E-state index contributed by atoms with van der Waals surface area (Å²) >= 11 is 0. The van der Waals surface area contributed by atoms with Gasteiger partial charge in [-0.25, -0.2) is 4.68 Å². The van der Waals surface area contributed by atoms with E-state index in [1.165, 1.54) is 5.39 Å². The summed E-state index contributed by atoms with van der Waals surface area (Å²) in [5.41, 5.74) is 3.34. The first-order chi connectivity index (χ1) is 10.8. The number of hydrogen-bond donors (Lipinski definition) is 1. The molecule has 0 bridgehead atoms. The van der Waals surface area contributed by atoms with Gasteiger partial charge in [-0.3, -0.25) is 5.32 Å². The number of hydrogen-bond acceptors (Lipinski definition) is 2. The van der Waals surface area contributed by atoms with Crippen LogP contribution < -0.4 is 5.32 Å². The summed E-state index contributed by atoms with van der Waals surface area (Å²) in [7, 11) is 0. The molecule has 3 nitrogen and oxygen atoms in total.